The van der Waals surface area contributed by atoms with Gasteiger partial charge in [0.15, 0.2) is 0 Å². The van der Waals surface area contributed by atoms with Crippen molar-refractivity contribution in [3.05, 3.63) is 63.7 Å². The molecule has 6 nitrogen and oxygen atoms in total. The van der Waals surface area contributed by atoms with E-state index in [2.05, 4.69) is 5.32 Å². The first-order valence-corrected chi connectivity index (χ1v) is 5.60. The molecule has 0 aliphatic heterocycles. The van der Waals surface area contributed by atoms with Gasteiger partial charge in [-0.25, -0.2) is 0 Å². The summed E-state index contributed by atoms with van der Waals surface area (Å²) in [7, 11) is 0. The van der Waals surface area contributed by atoms with Crippen molar-refractivity contribution in [2.75, 3.05) is 5.32 Å². The summed E-state index contributed by atoms with van der Waals surface area (Å²) in [6.45, 7) is 0. The molecule has 96 valence electrons. The van der Waals surface area contributed by atoms with Gasteiger partial charge in [0, 0.05) is 6.07 Å². The minimum absolute atomic E-state index is 0.204. The smallest absolute Gasteiger partial charge is 0.293 e. The molecule has 0 atom stereocenters. The van der Waals surface area contributed by atoms with Gasteiger partial charge in [0.2, 0.25) is 0 Å². The molecule has 0 saturated heterocycles. The first-order valence-electron chi connectivity index (χ1n) is 5.60. The third-order valence-electron chi connectivity index (χ3n) is 2.64. The third-order valence-corrected chi connectivity index (χ3v) is 2.64. The summed E-state index contributed by atoms with van der Waals surface area (Å²) in [5.41, 5.74) is 1.08. The van der Waals surface area contributed by atoms with E-state index in [4.69, 9.17) is 10.5 Å². The number of hydrogen-bond acceptors (Lipinski definition) is 5. The Hall–Kier alpha value is -3.38. The monoisotopic (exact) mass is 264 g/mol. The Balaban J connectivity index is 2.47. The Bertz CT molecular complexity index is 756. The molecule has 6 heteroatoms. The first-order chi connectivity index (χ1) is 9.65. The number of nitro groups is 1. The molecule has 0 radical (unpaired) electrons. The van der Waals surface area contributed by atoms with Gasteiger partial charge in [0.1, 0.15) is 11.8 Å². The Labute approximate surface area is 114 Å². The molecule has 2 rings (SSSR count). The summed E-state index contributed by atoms with van der Waals surface area (Å²) in [6.07, 6.45) is 0. The second-order valence-electron chi connectivity index (χ2n) is 3.88. The highest BCUT2D eigenvalue weighted by molar-refractivity contribution is 5.73. The van der Waals surface area contributed by atoms with E-state index in [9.17, 15) is 10.1 Å². The summed E-state index contributed by atoms with van der Waals surface area (Å²) in [5.74, 6) is 0. The van der Waals surface area contributed by atoms with Crippen LogP contribution in [0.25, 0.3) is 0 Å². The zero-order chi connectivity index (χ0) is 14.5. The minimum atomic E-state index is -0.571. The number of para-hydroxylation sites is 1. The van der Waals surface area contributed by atoms with E-state index in [1.54, 1.807) is 24.3 Å². The predicted molar refractivity (Wildman–Crippen MR) is 72.3 cm³/mol. The lowest BCUT2D eigenvalue weighted by Crippen LogP contribution is -1.99. The fourth-order valence-electron chi connectivity index (χ4n) is 1.69. The zero-order valence-corrected chi connectivity index (χ0v) is 10.2. The van der Waals surface area contributed by atoms with Crippen molar-refractivity contribution in [1.29, 1.82) is 10.5 Å². The number of nitrogens with zero attached hydrogens (tertiary/aromatic N) is 3. The Morgan fingerprint density at radius 1 is 1.05 bits per heavy atom. The van der Waals surface area contributed by atoms with Gasteiger partial charge in [-0.05, 0) is 24.3 Å². The molecular weight excluding hydrogens is 256 g/mol. The third kappa shape index (κ3) is 2.55. The lowest BCUT2D eigenvalue weighted by molar-refractivity contribution is -0.383. The Morgan fingerprint density at radius 2 is 1.80 bits per heavy atom. The molecule has 0 fully saturated rings. The predicted octanol–water partition coefficient (Wildman–Crippen LogP) is 3.08. The number of benzene rings is 2. The molecule has 0 amide bonds. The SMILES string of the molecule is N#Cc1ccc(Nc2ccccc2C#N)c([N+](=O)[O-])c1. The maximum atomic E-state index is 11.0. The molecule has 0 aliphatic carbocycles. The average Bonchev–Trinajstić information content (AvgIpc) is 2.48. The van der Waals surface area contributed by atoms with E-state index in [0.29, 0.717) is 11.3 Å². The molecule has 0 bridgehead atoms. The van der Waals surface area contributed by atoms with E-state index in [-0.39, 0.29) is 16.9 Å². The van der Waals surface area contributed by atoms with Crippen LogP contribution in [0.15, 0.2) is 42.5 Å². The van der Waals surface area contributed by atoms with Crippen molar-refractivity contribution < 1.29 is 4.92 Å². The highest BCUT2D eigenvalue weighted by atomic mass is 16.6. The van der Waals surface area contributed by atoms with Crippen LogP contribution in [0, 0.1) is 32.8 Å². The van der Waals surface area contributed by atoms with E-state index in [1.165, 1.54) is 18.2 Å². The lowest BCUT2D eigenvalue weighted by atomic mass is 10.1. The summed E-state index contributed by atoms with van der Waals surface area (Å²) in [5, 5.41) is 31.6. The highest BCUT2D eigenvalue weighted by Crippen LogP contribution is 2.29. The number of hydrogen-bond donors (Lipinski definition) is 1. The normalized spacial score (nSPS) is 9.30. The molecule has 0 aromatic heterocycles. The minimum Gasteiger partial charge on any atom is -0.349 e. The number of nitro benzene ring substituents is 1. The summed E-state index contributed by atoms with van der Waals surface area (Å²) in [6, 6.07) is 14.7. The quantitative estimate of drug-likeness (QED) is 0.677. The molecule has 2 aromatic carbocycles. The Morgan fingerprint density at radius 3 is 2.45 bits per heavy atom. The summed E-state index contributed by atoms with van der Waals surface area (Å²) in [4.78, 5) is 10.5. The molecule has 0 spiro atoms. The van der Waals surface area contributed by atoms with E-state index in [1.807, 2.05) is 12.1 Å². The van der Waals surface area contributed by atoms with Crippen LogP contribution in [-0.4, -0.2) is 4.92 Å². The van der Waals surface area contributed by atoms with Crippen molar-refractivity contribution in [3.63, 3.8) is 0 Å². The molecular formula is C14H8N4O2. The van der Waals surface area contributed by atoms with Gasteiger partial charge in [-0.2, -0.15) is 10.5 Å². The van der Waals surface area contributed by atoms with Crippen LogP contribution in [0.5, 0.6) is 0 Å². The molecule has 1 N–H and O–H groups in total. The van der Waals surface area contributed by atoms with Gasteiger partial charge in [0.05, 0.1) is 27.8 Å². The van der Waals surface area contributed by atoms with Crippen LogP contribution >= 0.6 is 0 Å². The van der Waals surface area contributed by atoms with Gasteiger partial charge in [-0.15, -0.1) is 0 Å². The summed E-state index contributed by atoms with van der Waals surface area (Å²) < 4.78 is 0. The number of nitrogens with one attached hydrogen (secondary N) is 1. The van der Waals surface area contributed by atoms with Gasteiger partial charge in [-0.1, -0.05) is 12.1 Å². The topological polar surface area (TPSA) is 103 Å². The summed E-state index contributed by atoms with van der Waals surface area (Å²) >= 11 is 0. The maximum absolute atomic E-state index is 11.0. The number of nitriles is 2. The second kappa shape index (κ2) is 5.51. The molecule has 20 heavy (non-hydrogen) atoms. The maximum Gasteiger partial charge on any atom is 0.293 e. The average molecular weight is 264 g/mol. The largest absolute Gasteiger partial charge is 0.349 e. The van der Waals surface area contributed by atoms with E-state index < -0.39 is 4.92 Å². The second-order valence-corrected chi connectivity index (χ2v) is 3.88. The van der Waals surface area contributed by atoms with Gasteiger partial charge >= 0.3 is 0 Å². The molecule has 0 aliphatic rings. The van der Waals surface area contributed by atoms with Crippen molar-refractivity contribution in [2.45, 2.75) is 0 Å². The van der Waals surface area contributed by atoms with Gasteiger partial charge < -0.3 is 5.32 Å². The van der Waals surface area contributed by atoms with Crippen LogP contribution in [-0.2, 0) is 0 Å². The van der Waals surface area contributed by atoms with Gasteiger partial charge in [-0.3, -0.25) is 10.1 Å². The van der Waals surface area contributed by atoms with E-state index >= 15 is 0 Å². The number of anilines is 2. The van der Waals surface area contributed by atoms with Crippen LogP contribution < -0.4 is 5.32 Å². The van der Waals surface area contributed by atoms with Crippen LogP contribution in [0.3, 0.4) is 0 Å². The van der Waals surface area contributed by atoms with Crippen molar-refractivity contribution in [3.8, 4) is 12.1 Å². The molecule has 0 saturated carbocycles. The molecule has 0 heterocycles. The highest BCUT2D eigenvalue weighted by Gasteiger charge is 2.15. The lowest BCUT2D eigenvalue weighted by Gasteiger charge is -2.08. The van der Waals surface area contributed by atoms with Crippen molar-refractivity contribution in [2.24, 2.45) is 0 Å². The first kappa shape index (κ1) is 13.1. The number of rotatable bonds is 3. The molecule has 0 unspecified atom stereocenters. The van der Waals surface area contributed by atoms with Crippen LogP contribution in [0.4, 0.5) is 17.1 Å². The van der Waals surface area contributed by atoms with Crippen molar-refractivity contribution in [1.82, 2.24) is 0 Å². The molecule has 2 aromatic rings. The standard InChI is InChI=1S/C14H8N4O2/c15-8-10-5-6-13(14(7-10)18(19)20)17-12-4-2-1-3-11(12)9-16/h1-7,17H. The van der Waals surface area contributed by atoms with Gasteiger partial charge in [0.25, 0.3) is 5.69 Å². The fourth-order valence-corrected chi connectivity index (χ4v) is 1.69. The Kier molecular flexibility index (Phi) is 3.60. The van der Waals surface area contributed by atoms with Crippen LogP contribution in [0.1, 0.15) is 11.1 Å². The van der Waals surface area contributed by atoms with Crippen molar-refractivity contribution >= 4 is 17.1 Å². The van der Waals surface area contributed by atoms with Crippen LogP contribution in [0.2, 0.25) is 0 Å². The van der Waals surface area contributed by atoms with E-state index in [0.717, 1.165) is 0 Å². The zero-order valence-electron chi connectivity index (χ0n) is 10.2. The fraction of sp³-hybridized carbons (Fsp3) is 0.